The third-order valence-electron chi connectivity index (χ3n) is 3.29. The monoisotopic (exact) mass is 277 g/mol. The van der Waals surface area contributed by atoms with Crippen LogP contribution in [0.1, 0.15) is 46.0 Å². The van der Waals surface area contributed by atoms with E-state index < -0.39 is 16.0 Å². The van der Waals surface area contributed by atoms with E-state index in [0.717, 1.165) is 12.8 Å². The highest BCUT2D eigenvalue weighted by molar-refractivity contribution is 7.89. The Balaban J connectivity index is 2.72. The lowest BCUT2D eigenvalue weighted by Crippen LogP contribution is -2.45. The van der Waals surface area contributed by atoms with Crippen molar-refractivity contribution in [1.82, 2.24) is 4.31 Å². The van der Waals surface area contributed by atoms with Crippen molar-refractivity contribution in [3.63, 3.8) is 0 Å². The summed E-state index contributed by atoms with van der Waals surface area (Å²) in [7, 11) is -3.30. The van der Waals surface area contributed by atoms with Crippen LogP contribution in [-0.2, 0) is 14.8 Å². The maximum atomic E-state index is 12.2. The van der Waals surface area contributed by atoms with Crippen LogP contribution in [0.5, 0.6) is 0 Å². The molecule has 1 N–H and O–H groups in total. The summed E-state index contributed by atoms with van der Waals surface area (Å²) in [5, 5.41) is 8.85. The van der Waals surface area contributed by atoms with Gasteiger partial charge in [-0.25, -0.2) is 8.42 Å². The minimum atomic E-state index is -3.30. The van der Waals surface area contributed by atoms with Crippen LogP contribution in [0.4, 0.5) is 0 Å². The van der Waals surface area contributed by atoms with Crippen LogP contribution >= 0.6 is 0 Å². The van der Waals surface area contributed by atoms with E-state index in [1.807, 2.05) is 13.8 Å². The molecular formula is C12H23NO4S. The molecule has 0 amide bonds. The zero-order valence-electron chi connectivity index (χ0n) is 11.1. The lowest BCUT2D eigenvalue weighted by Gasteiger charge is -2.34. The first-order valence-electron chi connectivity index (χ1n) is 6.54. The lowest BCUT2D eigenvalue weighted by atomic mass is 10.0. The summed E-state index contributed by atoms with van der Waals surface area (Å²) in [5.41, 5.74) is 0. The molecular weight excluding hydrogens is 254 g/mol. The highest BCUT2D eigenvalue weighted by Gasteiger charge is 2.33. The van der Waals surface area contributed by atoms with Gasteiger partial charge in [0.25, 0.3) is 0 Å². The van der Waals surface area contributed by atoms with Gasteiger partial charge in [0.1, 0.15) is 0 Å². The van der Waals surface area contributed by atoms with Crippen LogP contribution in [0.2, 0.25) is 0 Å². The third-order valence-corrected chi connectivity index (χ3v) is 5.24. The molecule has 1 atom stereocenters. The molecule has 0 aromatic rings. The second kappa shape index (κ2) is 6.52. The second-order valence-corrected chi connectivity index (χ2v) is 7.40. The molecule has 1 heterocycles. The first-order valence-corrected chi connectivity index (χ1v) is 8.15. The van der Waals surface area contributed by atoms with E-state index in [1.165, 1.54) is 4.31 Å². The predicted octanol–water partition coefficient (Wildman–Crippen LogP) is 1.69. The largest absolute Gasteiger partial charge is 0.481 e. The molecule has 0 bridgehead atoms. The van der Waals surface area contributed by atoms with Crippen molar-refractivity contribution in [3.8, 4) is 0 Å². The standard InChI is InChI=1S/C12H23NO4S/c1-10(2)6-8-18(16,17)13-7-4-3-5-11(13)9-12(14)15/h10-11H,3-9H2,1-2H3,(H,14,15). The van der Waals surface area contributed by atoms with Gasteiger partial charge in [0.05, 0.1) is 12.2 Å². The van der Waals surface area contributed by atoms with E-state index in [1.54, 1.807) is 0 Å². The van der Waals surface area contributed by atoms with Crippen LogP contribution < -0.4 is 0 Å². The highest BCUT2D eigenvalue weighted by atomic mass is 32.2. The Labute approximate surface area is 109 Å². The molecule has 1 rings (SSSR count). The summed E-state index contributed by atoms with van der Waals surface area (Å²) in [6.45, 7) is 4.44. The van der Waals surface area contributed by atoms with Crippen molar-refractivity contribution in [2.24, 2.45) is 5.92 Å². The molecule has 1 aliphatic heterocycles. The fourth-order valence-electron chi connectivity index (χ4n) is 2.25. The number of nitrogens with zero attached hydrogens (tertiary/aromatic N) is 1. The molecule has 6 heteroatoms. The fourth-order valence-corrected chi connectivity index (χ4v) is 4.29. The van der Waals surface area contributed by atoms with Gasteiger partial charge in [0.15, 0.2) is 0 Å². The number of rotatable bonds is 6. The molecule has 1 aliphatic rings. The number of hydrogen-bond acceptors (Lipinski definition) is 3. The SMILES string of the molecule is CC(C)CCS(=O)(=O)N1CCCCC1CC(=O)O. The number of hydrogen-bond donors (Lipinski definition) is 1. The van der Waals surface area contributed by atoms with Crippen molar-refractivity contribution in [3.05, 3.63) is 0 Å². The topological polar surface area (TPSA) is 74.7 Å². The predicted molar refractivity (Wildman–Crippen MR) is 69.8 cm³/mol. The van der Waals surface area contributed by atoms with Gasteiger partial charge in [-0.15, -0.1) is 0 Å². The molecule has 1 fully saturated rings. The molecule has 0 aromatic heterocycles. The van der Waals surface area contributed by atoms with Crippen molar-refractivity contribution < 1.29 is 18.3 Å². The maximum Gasteiger partial charge on any atom is 0.304 e. The number of piperidine rings is 1. The zero-order chi connectivity index (χ0) is 13.8. The molecule has 0 radical (unpaired) electrons. The van der Waals surface area contributed by atoms with E-state index in [9.17, 15) is 13.2 Å². The van der Waals surface area contributed by atoms with Crippen LogP contribution in [0.15, 0.2) is 0 Å². The van der Waals surface area contributed by atoms with Gasteiger partial charge in [0, 0.05) is 12.6 Å². The molecule has 0 saturated carbocycles. The first kappa shape index (κ1) is 15.4. The smallest absolute Gasteiger partial charge is 0.304 e. The summed E-state index contributed by atoms with van der Waals surface area (Å²) in [5.74, 6) is -0.464. The highest BCUT2D eigenvalue weighted by Crippen LogP contribution is 2.24. The minimum Gasteiger partial charge on any atom is -0.481 e. The Kier molecular flexibility index (Phi) is 5.59. The Morgan fingerprint density at radius 2 is 2.06 bits per heavy atom. The number of aliphatic carboxylic acids is 1. The van der Waals surface area contributed by atoms with Gasteiger partial charge in [-0.2, -0.15) is 4.31 Å². The summed E-state index contributed by atoms with van der Waals surface area (Å²) >= 11 is 0. The molecule has 0 spiro atoms. The van der Waals surface area contributed by atoms with Crippen LogP contribution in [0.3, 0.4) is 0 Å². The van der Waals surface area contributed by atoms with E-state index in [4.69, 9.17) is 5.11 Å². The average molecular weight is 277 g/mol. The molecule has 1 saturated heterocycles. The third kappa shape index (κ3) is 4.57. The molecule has 0 aliphatic carbocycles. The lowest BCUT2D eigenvalue weighted by molar-refractivity contribution is -0.138. The van der Waals surface area contributed by atoms with Gasteiger partial charge in [-0.05, 0) is 25.2 Å². The molecule has 106 valence electrons. The summed E-state index contributed by atoms with van der Waals surface area (Å²) < 4.78 is 25.9. The Bertz CT molecular complexity index is 378. The normalized spacial score (nSPS) is 22.3. The molecule has 5 nitrogen and oxygen atoms in total. The van der Waals surface area contributed by atoms with Crippen LogP contribution in [0.25, 0.3) is 0 Å². The summed E-state index contributed by atoms with van der Waals surface area (Å²) in [4.78, 5) is 10.8. The van der Waals surface area contributed by atoms with Crippen molar-refractivity contribution in [2.45, 2.75) is 52.0 Å². The number of carboxylic acids is 1. The van der Waals surface area contributed by atoms with E-state index in [2.05, 4.69) is 0 Å². The Morgan fingerprint density at radius 3 is 2.61 bits per heavy atom. The maximum absolute atomic E-state index is 12.2. The van der Waals surface area contributed by atoms with E-state index >= 15 is 0 Å². The molecule has 18 heavy (non-hydrogen) atoms. The van der Waals surface area contributed by atoms with Gasteiger partial charge >= 0.3 is 5.97 Å². The summed E-state index contributed by atoms with van der Waals surface area (Å²) in [6, 6.07) is -0.353. The fraction of sp³-hybridized carbons (Fsp3) is 0.917. The van der Waals surface area contributed by atoms with Crippen LogP contribution in [0, 0.1) is 5.92 Å². The Morgan fingerprint density at radius 1 is 1.39 bits per heavy atom. The zero-order valence-corrected chi connectivity index (χ0v) is 11.9. The van der Waals surface area contributed by atoms with Crippen molar-refractivity contribution >= 4 is 16.0 Å². The van der Waals surface area contributed by atoms with Crippen molar-refractivity contribution in [1.29, 1.82) is 0 Å². The van der Waals surface area contributed by atoms with Gasteiger partial charge < -0.3 is 5.11 Å². The second-order valence-electron chi connectivity index (χ2n) is 5.36. The van der Waals surface area contributed by atoms with Gasteiger partial charge in [0.2, 0.25) is 10.0 Å². The van der Waals surface area contributed by atoms with Gasteiger partial charge in [-0.3, -0.25) is 4.79 Å². The van der Waals surface area contributed by atoms with Crippen LogP contribution in [-0.4, -0.2) is 42.1 Å². The van der Waals surface area contributed by atoms with E-state index in [0.29, 0.717) is 25.3 Å². The quantitative estimate of drug-likeness (QED) is 0.801. The average Bonchev–Trinajstić information content (AvgIpc) is 2.26. The number of carbonyl (C=O) groups is 1. The number of carboxylic acid groups (broad SMARTS) is 1. The molecule has 1 unspecified atom stereocenters. The van der Waals surface area contributed by atoms with Gasteiger partial charge in [-0.1, -0.05) is 20.3 Å². The summed E-state index contributed by atoms with van der Waals surface area (Å²) in [6.07, 6.45) is 2.94. The first-order chi connectivity index (χ1) is 8.33. The Hall–Kier alpha value is -0.620. The minimum absolute atomic E-state index is 0.0824. The molecule has 0 aromatic carbocycles. The number of sulfonamides is 1. The van der Waals surface area contributed by atoms with E-state index in [-0.39, 0.29) is 18.2 Å². The van der Waals surface area contributed by atoms with Crippen molar-refractivity contribution in [2.75, 3.05) is 12.3 Å².